The van der Waals surface area contributed by atoms with Crippen LogP contribution in [0.5, 0.6) is 0 Å². The normalized spacial score (nSPS) is 13.4. The predicted molar refractivity (Wildman–Crippen MR) is 121 cm³/mol. The van der Waals surface area contributed by atoms with Crippen molar-refractivity contribution < 1.29 is 36.1 Å². The summed E-state index contributed by atoms with van der Waals surface area (Å²) in [5.74, 6) is -1.87. The number of nitrogens with one attached hydrogen (secondary N) is 1. The van der Waals surface area contributed by atoms with E-state index < -0.39 is 60.0 Å². The minimum Gasteiger partial charge on any atom is -0.744 e. The van der Waals surface area contributed by atoms with E-state index in [4.69, 9.17) is 10.8 Å². The van der Waals surface area contributed by atoms with E-state index in [1.165, 1.54) is 42.5 Å². The van der Waals surface area contributed by atoms with Crippen molar-refractivity contribution in [3.8, 4) is 0 Å². The minimum absolute atomic E-state index is 0.00944. The largest absolute Gasteiger partial charge is 0.744 e. The van der Waals surface area contributed by atoms with Crippen LogP contribution < -0.4 is 11.1 Å². The van der Waals surface area contributed by atoms with Crippen molar-refractivity contribution in [3.63, 3.8) is 0 Å². The lowest BCUT2D eigenvalue weighted by molar-refractivity contribution is 0.0980. The number of anilines is 3. The number of benzene rings is 3. The monoisotopic (exact) mass is 501 g/mol. The Bertz CT molecular complexity index is 1580. The fourth-order valence-corrected chi connectivity index (χ4v) is 5.46. The Morgan fingerprint density at radius 1 is 0.882 bits per heavy atom. The second-order valence-corrected chi connectivity index (χ2v) is 10.9. The third kappa shape index (κ3) is 3.96. The third-order valence-corrected chi connectivity index (χ3v) is 7.87. The summed E-state index contributed by atoms with van der Waals surface area (Å²) in [6.07, 6.45) is 0. The van der Waals surface area contributed by atoms with Gasteiger partial charge in [0.15, 0.2) is 21.4 Å². The van der Waals surface area contributed by atoms with Gasteiger partial charge in [-0.1, -0.05) is 30.3 Å². The number of ketones is 2. The molecular weight excluding hydrogens is 484 g/mol. The van der Waals surface area contributed by atoms with Gasteiger partial charge in [0.05, 0.1) is 44.7 Å². The van der Waals surface area contributed by atoms with Gasteiger partial charge in [-0.15, -0.1) is 0 Å². The smallest absolute Gasteiger partial charge is 0.196 e. The lowest BCUT2D eigenvalue weighted by atomic mass is 9.82. The molecule has 0 amide bonds. The average molecular weight is 502 g/mol. The Balaban J connectivity index is 1.95. The van der Waals surface area contributed by atoms with Crippen LogP contribution in [0.3, 0.4) is 0 Å². The standard InChI is InChI=1S/C22H18N2O8S2/c23-20-17(34(30,31)32)11-16(24-12-4-3-5-13(10-12)33(28,29)9-8-25)18-19(20)22(27)15-7-2-1-6-14(15)21(18)26/h1-7,10-11,24-25H,8-9,23H2,(H,30,31,32)/p-1. The molecule has 0 bridgehead atoms. The number of carbonyl (C=O) groups is 2. The Morgan fingerprint density at radius 3 is 2.09 bits per heavy atom. The molecule has 0 unspecified atom stereocenters. The summed E-state index contributed by atoms with van der Waals surface area (Å²) in [7, 11) is -8.96. The zero-order valence-electron chi connectivity index (χ0n) is 17.3. The van der Waals surface area contributed by atoms with Gasteiger partial charge in [-0.3, -0.25) is 9.59 Å². The molecule has 0 aliphatic heterocycles. The number of aliphatic hydroxyl groups excluding tert-OH is 1. The molecule has 4 N–H and O–H groups in total. The van der Waals surface area contributed by atoms with Gasteiger partial charge in [0.25, 0.3) is 0 Å². The molecule has 0 aromatic heterocycles. The second-order valence-electron chi connectivity index (χ2n) is 7.44. The summed E-state index contributed by atoms with van der Waals surface area (Å²) in [6, 6.07) is 12.1. The van der Waals surface area contributed by atoms with Crippen LogP contribution in [-0.4, -0.2) is 50.4 Å². The second kappa shape index (κ2) is 8.33. The predicted octanol–water partition coefficient (Wildman–Crippen LogP) is 1.46. The molecule has 34 heavy (non-hydrogen) atoms. The highest BCUT2D eigenvalue weighted by Crippen LogP contribution is 2.40. The van der Waals surface area contributed by atoms with Crippen molar-refractivity contribution in [1.82, 2.24) is 0 Å². The lowest BCUT2D eigenvalue weighted by Crippen LogP contribution is -2.25. The van der Waals surface area contributed by atoms with Gasteiger partial charge in [0, 0.05) is 16.8 Å². The van der Waals surface area contributed by atoms with Crippen LogP contribution in [0.1, 0.15) is 31.8 Å². The van der Waals surface area contributed by atoms with E-state index in [0.717, 1.165) is 6.07 Å². The van der Waals surface area contributed by atoms with Crippen LogP contribution in [0.2, 0.25) is 0 Å². The highest BCUT2D eigenvalue weighted by molar-refractivity contribution is 7.91. The van der Waals surface area contributed by atoms with Crippen LogP contribution in [0, 0.1) is 0 Å². The van der Waals surface area contributed by atoms with E-state index in [-0.39, 0.29) is 33.0 Å². The van der Waals surface area contributed by atoms with Crippen molar-refractivity contribution in [2.24, 2.45) is 0 Å². The molecule has 3 aromatic rings. The van der Waals surface area contributed by atoms with E-state index in [9.17, 15) is 31.0 Å². The van der Waals surface area contributed by atoms with Crippen LogP contribution in [0.25, 0.3) is 0 Å². The first-order chi connectivity index (χ1) is 16.0. The number of hydrogen-bond donors (Lipinski definition) is 3. The number of aliphatic hydroxyl groups is 1. The van der Waals surface area contributed by atoms with Crippen molar-refractivity contribution >= 4 is 48.6 Å². The first-order valence-electron chi connectivity index (χ1n) is 9.77. The number of sulfone groups is 1. The number of hydrogen-bond acceptors (Lipinski definition) is 10. The maximum absolute atomic E-state index is 13.3. The SMILES string of the molecule is Nc1c(S(=O)(=O)[O-])cc(Nc2cccc(S(=O)(=O)CCO)c2)c2c1C(=O)c1ccccc1C2=O. The molecule has 0 saturated heterocycles. The van der Waals surface area contributed by atoms with E-state index in [1.807, 2.05) is 0 Å². The number of fused-ring (bicyclic) bond motifs is 2. The molecule has 176 valence electrons. The summed E-state index contributed by atoms with van der Waals surface area (Å²) in [5, 5.41) is 11.8. The highest BCUT2D eigenvalue weighted by atomic mass is 32.2. The van der Waals surface area contributed by atoms with Crippen LogP contribution >= 0.6 is 0 Å². The zero-order chi connectivity index (χ0) is 24.8. The van der Waals surface area contributed by atoms with Crippen molar-refractivity contribution in [3.05, 3.63) is 76.9 Å². The molecule has 4 rings (SSSR count). The highest BCUT2D eigenvalue weighted by Gasteiger charge is 2.35. The van der Waals surface area contributed by atoms with Gasteiger partial charge in [-0.25, -0.2) is 16.8 Å². The lowest BCUT2D eigenvalue weighted by Gasteiger charge is -2.25. The molecule has 1 aliphatic carbocycles. The first-order valence-corrected chi connectivity index (χ1v) is 12.8. The molecule has 0 saturated carbocycles. The molecule has 0 atom stereocenters. The molecule has 0 heterocycles. The van der Waals surface area contributed by atoms with Crippen LogP contribution in [0.15, 0.2) is 64.4 Å². The Kier molecular flexibility index (Phi) is 5.77. The van der Waals surface area contributed by atoms with E-state index in [1.54, 1.807) is 6.07 Å². The molecule has 0 fully saturated rings. The van der Waals surface area contributed by atoms with Gasteiger partial charge in [0.1, 0.15) is 10.1 Å². The first kappa shape index (κ1) is 23.6. The summed E-state index contributed by atoms with van der Waals surface area (Å²) >= 11 is 0. The fraction of sp³-hybridized carbons (Fsp3) is 0.0909. The molecular formula is C22H17N2O8S2-. The summed E-state index contributed by atoms with van der Waals surface area (Å²) in [5.41, 5.74) is 4.59. The molecule has 3 aromatic carbocycles. The topological polar surface area (TPSA) is 184 Å². The van der Waals surface area contributed by atoms with Crippen LogP contribution in [-0.2, 0) is 20.0 Å². The number of nitrogen functional groups attached to an aromatic ring is 1. The fourth-order valence-electron chi connectivity index (χ4n) is 3.76. The maximum atomic E-state index is 13.3. The van der Waals surface area contributed by atoms with Crippen molar-refractivity contribution in [2.45, 2.75) is 9.79 Å². The molecule has 1 aliphatic rings. The number of carbonyl (C=O) groups excluding carboxylic acids is 2. The third-order valence-electron chi connectivity index (χ3n) is 5.30. The molecule has 12 heteroatoms. The Labute approximate surface area is 194 Å². The zero-order valence-corrected chi connectivity index (χ0v) is 18.9. The molecule has 0 radical (unpaired) electrons. The molecule has 10 nitrogen and oxygen atoms in total. The number of rotatable bonds is 6. The maximum Gasteiger partial charge on any atom is 0.196 e. The average Bonchev–Trinajstić information content (AvgIpc) is 2.77. The summed E-state index contributed by atoms with van der Waals surface area (Å²) in [4.78, 5) is 25.4. The van der Waals surface area contributed by atoms with Gasteiger partial charge < -0.3 is 20.7 Å². The minimum atomic E-state index is -5.14. The van der Waals surface area contributed by atoms with E-state index >= 15 is 0 Å². The quantitative estimate of drug-likeness (QED) is 0.258. The van der Waals surface area contributed by atoms with E-state index in [2.05, 4.69) is 5.32 Å². The van der Waals surface area contributed by atoms with Gasteiger partial charge >= 0.3 is 0 Å². The number of nitrogens with two attached hydrogens (primary N) is 1. The summed E-state index contributed by atoms with van der Waals surface area (Å²) < 4.78 is 60.2. The van der Waals surface area contributed by atoms with Gasteiger partial charge in [-0.2, -0.15) is 0 Å². The Hall–Kier alpha value is -3.58. The molecule has 0 spiro atoms. The van der Waals surface area contributed by atoms with Gasteiger partial charge in [0.2, 0.25) is 0 Å². The Morgan fingerprint density at radius 2 is 1.50 bits per heavy atom. The summed E-state index contributed by atoms with van der Waals surface area (Å²) in [6.45, 7) is -0.591. The van der Waals surface area contributed by atoms with Gasteiger partial charge in [-0.05, 0) is 24.3 Å². The van der Waals surface area contributed by atoms with Crippen molar-refractivity contribution in [2.75, 3.05) is 23.4 Å². The van der Waals surface area contributed by atoms with Crippen LogP contribution in [0.4, 0.5) is 17.1 Å². The van der Waals surface area contributed by atoms with E-state index in [0.29, 0.717) is 0 Å². The van der Waals surface area contributed by atoms with Crippen molar-refractivity contribution in [1.29, 1.82) is 0 Å².